The van der Waals surface area contributed by atoms with Crippen LogP contribution in [0.3, 0.4) is 0 Å². The SMILES string of the molecule is CCC(C)CNc1cnc2c(c1)c(NC(=O)C1CCOC1)c(C(=O)OC)n2CCCc1ccccc1. The van der Waals surface area contributed by atoms with Gasteiger partial charge in [0.05, 0.1) is 37.2 Å². The maximum atomic E-state index is 13.1. The number of hydrogen-bond acceptors (Lipinski definition) is 6. The standard InChI is InChI=1S/C28H36N4O4/c1-4-19(2)16-29-22-15-23-24(31-27(33)21-12-14-36-18-21)25(28(34)35-3)32(26(23)30-17-22)13-8-11-20-9-6-5-7-10-20/h5-7,9-10,15,17,19,21,29H,4,8,11-14,16,18H2,1-3H3,(H,31,33). The Balaban J connectivity index is 1.71. The lowest BCUT2D eigenvalue weighted by Gasteiger charge is -2.12. The molecule has 1 fully saturated rings. The van der Waals surface area contributed by atoms with Crippen molar-refractivity contribution in [2.24, 2.45) is 11.8 Å². The molecule has 4 rings (SSSR count). The van der Waals surface area contributed by atoms with Crippen LogP contribution < -0.4 is 10.6 Å². The van der Waals surface area contributed by atoms with Crippen molar-refractivity contribution in [2.45, 2.75) is 46.1 Å². The smallest absolute Gasteiger partial charge is 0.356 e. The van der Waals surface area contributed by atoms with Gasteiger partial charge in [-0.2, -0.15) is 0 Å². The van der Waals surface area contributed by atoms with Gasteiger partial charge in [0.25, 0.3) is 0 Å². The molecule has 0 radical (unpaired) electrons. The van der Waals surface area contributed by atoms with E-state index in [1.165, 1.54) is 12.7 Å². The molecule has 0 spiro atoms. The maximum Gasteiger partial charge on any atom is 0.356 e. The Morgan fingerprint density at radius 2 is 2.08 bits per heavy atom. The highest BCUT2D eigenvalue weighted by Gasteiger charge is 2.29. The molecule has 2 atom stereocenters. The summed E-state index contributed by atoms with van der Waals surface area (Å²) in [5.74, 6) is -0.388. The Hall–Kier alpha value is -3.39. The number of aryl methyl sites for hydroxylation is 2. The van der Waals surface area contributed by atoms with Crippen molar-refractivity contribution < 1.29 is 19.1 Å². The Bertz CT molecular complexity index is 1190. The average Bonchev–Trinajstić information content (AvgIpc) is 3.55. The molecule has 192 valence electrons. The maximum absolute atomic E-state index is 13.1. The minimum Gasteiger partial charge on any atom is -0.464 e. The zero-order valence-corrected chi connectivity index (χ0v) is 21.4. The van der Waals surface area contributed by atoms with E-state index in [1.54, 1.807) is 6.20 Å². The monoisotopic (exact) mass is 492 g/mol. The minimum atomic E-state index is -0.500. The van der Waals surface area contributed by atoms with Crippen LogP contribution in [0.2, 0.25) is 0 Å². The van der Waals surface area contributed by atoms with E-state index in [1.807, 2.05) is 28.8 Å². The first-order chi connectivity index (χ1) is 17.5. The van der Waals surface area contributed by atoms with Gasteiger partial charge in [0.1, 0.15) is 5.65 Å². The molecule has 0 bridgehead atoms. The van der Waals surface area contributed by atoms with Crippen LogP contribution in [0.25, 0.3) is 11.0 Å². The third-order valence-electron chi connectivity index (χ3n) is 6.87. The topological polar surface area (TPSA) is 94.5 Å². The van der Waals surface area contributed by atoms with Gasteiger partial charge in [-0.05, 0) is 36.8 Å². The number of carbonyl (C=O) groups excluding carboxylic acids is 2. The van der Waals surface area contributed by atoms with Gasteiger partial charge in [0.15, 0.2) is 5.69 Å². The number of hydrogen-bond donors (Lipinski definition) is 2. The number of benzene rings is 1. The summed E-state index contributed by atoms with van der Waals surface area (Å²) in [6.07, 6.45) is 5.18. The molecular formula is C28H36N4O4. The van der Waals surface area contributed by atoms with Crippen LogP contribution in [0.1, 0.15) is 49.2 Å². The minimum absolute atomic E-state index is 0.154. The number of rotatable bonds is 11. The molecule has 1 aliphatic rings. The third-order valence-corrected chi connectivity index (χ3v) is 6.87. The Morgan fingerprint density at radius 1 is 1.28 bits per heavy atom. The average molecular weight is 493 g/mol. The third kappa shape index (κ3) is 5.87. The quantitative estimate of drug-likeness (QED) is 0.370. The summed E-state index contributed by atoms with van der Waals surface area (Å²) in [5.41, 5.74) is 3.50. The van der Waals surface area contributed by atoms with E-state index < -0.39 is 5.97 Å². The molecule has 3 aromatic rings. The molecule has 0 aliphatic carbocycles. The zero-order chi connectivity index (χ0) is 25.5. The summed E-state index contributed by atoms with van der Waals surface area (Å²) in [4.78, 5) is 30.8. The summed E-state index contributed by atoms with van der Waals surface area (Å²) < 4.78 is 12.4. The fourth-order valence-corrected chi connectivity index (χ4v) is 4.46. The highest BCUT2D eigenvalue weighted by atomic mass is 16.5. The lowest BCUT2D eigenvalue weighted by atomic mass is 10.1. The van der Waals surface area contributed by atoms with Gasteiger partial charge in [0.2, 0.25) is 5.91 Å². The van der Waals surface area contributed by atoms with Crippen molar-refractivity contribution in [3.63, 3.8) is 0 Å². The first kappa shape index (κ1) is 25.7. The highest BCUT2D eigenvalue weighted by Crippen LogP contribution is 2.34. The summed E-state index contributed by atoms with van der Waals surface area (Å²) in [5, 5.41) is 7.19. The van der Waals surface area contributed by atoms with Crippen molar-refractivity contribution >= 4 is 34.3 Å². The molecular weight excluding hydrogens is 456 g/mol. The number of pyridine rings is 1. The van der Waals surface area contributed by atoms with Crippen molar-refractivity contribution in [2.75, 3.05) is 37.5 Å². The Labute approximate surface area is 212 Å². The number of methoxy groups -OCH3 is 1. The fourth-order valence-electron chi connectivity index (χ4n) is 4.46. The number of fused-ring (bicyclic) bond motifs is 1. The molecule has 2 aromatic heterocycles. The number of anilines is 2. The number of nitrogens with one attached hydrogen (secondary N) is 2. The molecule has 8 heteroatoms. The second kappa shape index (κ2) is 12.0. The van der Waals surface area contributed by atoms with E-state index >= 15 is 0 Å². The lowest BCUT2D eigenvalue weighted by Crippen LogP contribution is -2.24. The van der Waals surface area contributed by atoms with Gasteiger partial charge in [0, 0.05) is 25.1 Å². The normalized spacial score (nSPS) is 16.1. The molecule has 0 saturated carbocycles. The first-order valence-electron chi connectivity index (χ1n) is 12.8. The predicted molar refractivity (Wildman–Crippen MR) is 141 cm³/mol. The fraction of sp³-hybridized carbons (Fsp3) is 0.464. The van der Waals surface area contributed by atoms with Crippen LogP contribution >= 0.6 is 0 Å². The first-order valence-corrected chi connectivity index (χ1v) is 12.8. The predicted octanol–water partition coefficient (Wildman–Crippen LogP) is 4.89. The van der Waals surface area contributed by atoms with Crippen LogP contribution in [-0.2, 0) is 27.2 Å². The van der Waals surface area contributed by atoms with Crippen molar-refractivity contribution in [1.29, 1.82) is 0 Å². The van der Waals surface area contributed by atoms with Gasteiger partial charge < -0.3 is 24.7 Å². The second-order valence-corrected chi connectivity index (χ2v) is 9.50. The zero-order valence-electron chi connectivity index (χ0n) is 21.4. The molecule has 1 aromatic carbocycles. The number of carbonyl (C=O) groups is 2. The number of nitrogens with zero attached hydrogens (tertiary/aromatic N) is 2. The van der Waals surface area contributed by atoms with E-state index in [2.05, 4.69) is 36.6 Å². The van der Waals surface area contributed by atoms with Crippen molar-refractivity contribution in [1.82, 2.24) is 9.55 Å². The lowest BCUT2D eigenvalue weighted by molar-refractivity contribution is -0.119. The number of esters is 1. The molecule has 1 aliphatic heterocycles. The van der Waals surface area contributed by atoms with Crippen molar-refractivity contribution in [3.05, 3.63) is 53.9 Å². The molecule has 8 nitrogen and oxygen atoms in total. The van der Waals surface area contributed by atoms with E-state index in [0.29, 0.717) is 49.1 Å². The molecule has 36 heavy (non-hydrogen) atoms. The van der Waals surface area contributed by atoms with Gasteiger partial charge in [-0.25, -0.2) is 9.78 Å². The van der Waals surface area contributed by atoms with Gasteiger partial charge in [-0.15, -0.1) is 0 Å². The van der Waals surface area contributed by atoms with Crippen LogP contribution in [0.15, 0.2) is 42.6 Å². The van der Waals surface area contributed by atoms with Gasteiger partial charge in [-0.1, -0.05) is 50.6 Å². The van der Waals surface area contributed by atoms with E-state index in [0.717, 1.165) is 36.9 Å². The number of amides is 1. The molecule has 2 unspecified atom stereocenters. The van der Waals surface area contributed by atoms with E-state index in [4.69, 9.17) is 14.5 Å². The Kier molecular flexibility index (Phi) is 8.59. The summed E-state index contributed by atoms with van der Waals surface area (Å²) >= 11 is 0. The molecule has 3 heterocycles. The van der Waals surface area contributed by atoms with E-state index in [-0.39, 0.29) is 11.8 Å². The van der Waals surface area contributed by atoms with Crippen LogP contribution in [-0.4, -0.2) is 48.3 Å². The van der Waals surface area contributed by atoms with Crippen LogP contribution in [0, 0.1) is 11.8 Å². The van der Waals surface area contributed by atoms with Crippen LogP contribution in [0.5, 0.6) is 0 Å². The number of ether oxygens (including phenoxy) is 2. The molecule has 1 amide bonds. The van der Waals surface area contributed by atoms with Gasteiger partial charge in [-0.3, -0.25) is 4.79 Å². The highest BCUT2D eigenvalue weighted by molar-refractivity contribution is 6.11. The summed E-state index contributed by atoms with van der Waals surface area (Å²) in [6, 6.07) is 12.2. The second-order valence-electron chi connectivity index (χ2n) is 9.50. The van der Waals surface area contributed by atoms with E-state index in [9.17, 15) is 9.59 Å². The molecule has 1 saturated heterocycles. The Morgan fingerprint density at radius 3 is 2.78 bits per heavy atom. The largest absolute Gasteiger partial charge is 0.464 e. The number of aromatic nitrogens is 2. The summed E-state index contributed by atoms with van der Waals surface area (Å²) in [7, 11) is 1.36. The molecule has 2 N–H and O–H groups in total. The van der Waals surface area contributed by atoms with Crippen molar-refractivity contribution in [3.8, 4) is 0 Å². The van der Waals surface area contributed by atoms with Gasteiger partial charge >= 0.3 is 5.97 Å². The van der Waals surface area contributed by atoms with Crippen LogP contribution in [0.4, 0.5) is 11.4 Å². The summed E-state index contributed by atoms with van der Waals surface area (Å²) in [6.45, 7) is 6.67.